The summed E-state index contributed by atoms with van der Waals surface area (Å²) < 4.78 is 12.5. The molecule has 0 atom stereocenters. The van der Waals surface area contributed by atoms with E-state index in [1.54, 1.807) is 29.2 Å². The maximum absolute atomic E-state index is 11.0. The van der Waals surface area contributed by atoms with Crippen LogP contribution in [0.3, 0.4) is 0 Å². The van der Waals surface area contributed by atoms with E-state index in [0.29, 0.717) is 28.8 Å². The fraction of sp³-hybridized carbons (Fsp3) is 0.0417. The molecule has 182 valence electrons. The van der Waals surface area contributed by atoms with Gasteiger partial charge in [0.1, 0.15) is 30.5 Å². The molecule has 0 bridgehead atoms. The summed E-state index contributed by atoms with van der Waals surface area (Å²) in [6, 6.07) is 14.6. The molecule has 2 aromatic carbocycles. The summed E-state index contributed by atoms with van der Waals surface area (Å²) in [5.74, 6) is 1.78. The van der Waals surface area contributed by atoms with Crippen LogP contribution in [0, 0.1) is 6.92 Å². The number of aromatic amines is 1. The quantitative estimate of drug-likeness (QED) is 0.309. The lowest BCUT2D eigenvalue weighted by Gasteiger charge is -2.12. The van der Waals surface area contributed by atoms with Crippen LogP contribution in [0.4, 0.5) is 16.3 Å². The highest BCUT2D eigenvalue weighted by molar-refractivity contribution is 5.93. The molecule has 13 nitrogen and oxygen atoms in total. The second-order valence-electron chi connectivity index (χ2n) is 8.03. The second kappa shape index (κ2) is 8.88. The Morgan fingerprint density at radius 1 is 1.03 bits per heavy atom. The number of nitrogens with one attached hydrogen (secondary N) is 2. The smallest absolute Gasteiger partial charge is 0.411 e. The summed E-state index contributed by atoms with van der Waals surface area (Å²) >= 11 is 0. The minimum atomic E-state index is -0.934. The lowest BCUT2D eigenvalue weighted by atomic mass is 10.1. The first-order valence-electron chi connectivity index (χ1n) is 11.0. The Morgan fingerprint density at radius 2 is 1.95 bits per heavy atom. The number of nitrogens with zero attached hydrogens (tertiary/aromatic N) is 7. The molecule has 0 aliphatic carbocycles. The second-order valence-corrected chi connectivity index (χ2v) is 8.03. The molecule has 37 heavy (non-hydrogen) atoms. The van der Waals surface area contributed by atoms with E-state index in [2.05, 4.69) is 40.7 Å². The van der Waals surface area contributed by atoms with Gasteiger partial charge in [-0.3, -0.25) is 9.50 Å². The zero-order valence-electron chi connectivity index (χ0n) is 19.3. The summed E-state index contributed by atoms with van der Waals surface area (Å²) in [4.78, 5) is 24.1. The predicted octanol–water partition coefficient (Wildman–Crippen LogP) is 3.76. The van der Waals surface area contributed by atoms with Gasteiger partial charge in [0, 0.05) is 28.8 Å². The van der Waals surface area contributed by atoms with Crippen molar-refractivity contribution in [3.05, 3.63) is 73.1 Å². The summed E-state index contributed by atoms with van der Waals surface area (Å²) in [5.41, 5.74) is 9.60. The molecular weight excluding hydrogens is 476 g/mol. The first-order chi connectivity index (χ1) is 18.0. The van der Waals surface area contributed by atoms with Gasteiger partial charge in [-0.05, 0) is 42.8 Å². The van der Waals surface area contributed by atoms with Crippen LogP contribution < -0.4 is 20.5 Å². The molecule has 6 rings (SSSR count). The van der Waals surface area contributed by atoms with Gasteiger partial charge < -0.3 is 20.5 Å². The molecule has 4 N–H and O–H groups in total. The monoisotopic (exact) mass is 494 g/mol. The van der Waals surface area contributed by atoms with Crippen molar-refractivity contribution in [1.82, 2.24) is 39.7 Å². The standard InChI is InChI=1S/C24H18N10O3/c1-13-6-15(3-5-19(13)36-21-9-20-32-29-12-34(20)11-28-21)30-23-16-7-14(2-4-17(16)26-10-27-23)18-8-22(33-31-18)37-24(25)35/h2-12H,1H3,(H2,25,35)(H,31,33)(H,26,27,30). The van der Waals surface area contributed by atoms with Gasteiger partial charge in [0.25, 0.3) is 0 Å². The maximum Gasteiger partial charge on any atom is 0.411 e. The number of nitrogens with two attached hydrogens (primary N) is 1. The van der Waals surface area contributed by atoms with Crippen LogP contribution in [0.25, 0.3) is 27.8 Å². The Labute approximate surface area is 208 Å². The number of carbonyl (C=O) groups is 1. The molecule has 6 aromatic rings. The molecule has 0 spiro atoms. The minimum Gasteiger partial charge on any atom is -0.439 e. The zero-order valence-corrected chi connectivity index (χ0v) is 19.3. The Bertz CT molecular complexity index is 1780. The van der Waals surface area contributed by atoms with E-state index >= 15 is 0 Å². The van der Waals surface area contributed by atoms with Crippen molar-refractivity contribution in [2.45, 2.75) is 6.92 Å². The van der Waals surface area contributed by atoms with Gasteiger partial charge in [-0.2, -0.15) is 0 Å². The molecule has 0 unspecified atom stereocenters. The van der Waals surface area contributed by atoms with Crippen LogP contribution in [0.1, 0.15) is 5.56 Å². The van der Waals surface area contributed by atoms with Gasteiger partial charge in [-0.15, -0.1) is 15.3 Å². The minimum absolute atomic E-state index is 0.0830. The Kier molecular flexibility index (Phi) is 5.26. The molecule has 0 aliphatic heterocycles. The van der Waals surface area contributed by atoms with Crippen molar-refractivity contribution in [2.75, 3.05) is 5.32 Å². The van der Waals surface area contributed by atoms with Crippen LogP contribution in [-0.4, -0.2) is 45.8 Å². The number of hydrogen-bond donors (Lipinski definition) is 3. The SMILES string of the molecule is Cc1cc(Nc2ncnc3ccc(-c4cc(OC(N)=O)n[nH]4)cc23)ccc1Oc1cc2nncn2cn1. The number of aromatic nitrogens is 8. The van der Waals surface area contributed by atoms with Crippen molar-refractivity contribution < 1.29 is 14.3 Å². The largest absolute Gasteiger partial charge is 0.439 e. The first kappa shape index (κ1) is 21.9. The zero-order chi connectivity index (χ0) is 25.4. The average molecular weight is 494 g/mol. The molecular formula is C24H18N10O3. The van der Waals surface area contributed by atoms with Crippen LogP contribution in [0.2, 0.25) is 0 Å². The van der Waals surface area contributed by atoms with Gasteiger partial charge in [0.2, 0.25) is 11.8 Å². The topological polar surface area (TPSA) is 171 Å². The fourth-order valence-corrected chi connectivity index (χ4v) is 3.79. The highest BCUT2D eigenvalue weighted by Crippen LogP contribution is 2.31. The number of amides is 1. The van der Waals surface area contributed by atoms with E-state index in [4.69, 9.17) is 15.2 Å². The molecule has 1 amide bonds. The van der Waals surface area contributed by atoms with E-state index in [-0.39, 0.29) is 5.88 Å². The summed E-state index contributed by atoms with van der Waals surface area (Å²) in [7, 11) is 0. The van der Waals surface area contributed by atoms with E-state index in [9.17, 15) is 4.79 Å². The van der Waals surface area contributed by atoms with Crippen LogP contribution in [0.15, 0.2) is 67.5 Å². The molecule has 0 saturated heterocycles. The summed E-state index contributed by atoms with van der Waals surface area (Å²) in [6.45, 7) is 1.94. The highest BCUT2D eigenvalue weighted by atomic mass is 16.6. The Morgan fingerprint density at radius 3 is 2.81 bits per heavy atom. The number of H-pyrrole nitrogens is 1. The lowest BCUT2D eigenvalue weighted by Crippen LogP contribution is -2.16. The van der Waals surface area contributed by atoms with Gasteiger partial charge in [-0.25, -0.2) is 19.7 Å². The molecule has 4 heterocycles. The van der Waals surface area contributed by atoms with Crippen molar-refractivity contribution in [3.63, 3.8) is 0 Å². The van der Waals surface area contributed by atoms with Crippen molar-refractivity contribution in [3.8, 4) is 28.8 Å². The fourth-order valence-electron chi connectivity index (χ4n) is 3.79. The van der Waals surface area contributed by atoms with Gasteiger partial charge in [-0.1, -0.05) is 6.07 Å². The van der Waals surface area contributed by atoms with Gasteiger partial charge >= 0.3 is 6.09 Å². The first-order valence-corrected chi connectivity index (χ1v) is 11.0. The third-order valence-corrected chi connectivity index (χ3v) is 5.52. The highest BCUT2D eigenvalue weighted by Gasteiger charge is 2.12. The molecule has 0 saturated carbocycles. The normalized spacial score (nSPS) is 11.1. The van der Waals surface area contributed by atoms with E-state index in [1.165, 1.54) is 6.33 Å². The summed E-state index contributed by atoms with van der Waals surface area (Å²) in [5, 5.41) is 18.8. The Balaban J connectivity index is 1.26. The van der Waals surface area contributed by atoms with E-state index in [1.807, 2.05) is 43.3 Å². The molecule has 13 heteroatoms. The predicted molar refractivity (Wildman–Crippen MR) is 133 cm³/mol. The maximum atomic E-state index is 11.0. The van der Waals surface area contributed by atoms with Crippen molar-refractivity contribution in [2.24, 2.45) is 5.73 Å². The van der Waals surface area contributed by atoms with E-state index in [0.717, 1.165) is 27.7 Å². The summed E-state index contributed by atoms with van der Waals surface area (Å²) in [6.07, 6.45) is 3.73. The number of primary amides is 1. The molecule has 4 aromatic heterocycles. The van der Waals surface area contributed by atoms with Crippen LogP contribution in [0.5, 0.6) is 17.5 Å². The number of aryl methyl sites for hydroxylation is 1. The number of carbonyl (C=O) groups excluding carboxylic acids is 1. The van der Waals surface area contributed by atoms with Crippen molar-refractivity contribution in [1.29, 1.82) is 0 Å². The third-order valence-electron chi connectivity index (χ3n) is 5.52. The number of benzene rings is 2. The number of rotatable bonds is 6. The number of anilines is 2. The van der Waals surface area contributed by atoms with Crippen LogP contribution in [-0.2, 0) is 0 Å². The lowest BCUT2D eigenvalue weighted by molar-refractivity contribution is 0.209. The van der Waals surface area contributed by atoms with Crippen molar-refractivity contribution >= 4 is 34.1 Å². The van der Waals surface area contributed by atoms with Gasteiger partial charge in [0.15, 0.2) is 5.65 Å². The van der Waals surface area contributed by atoms with E-state index < -0.39 is 6.09 Å². The average Bonchev–Trinajstić information content (AvgIpc) is 3.55. The number of fused-ring (bicyclic) bond motifs is 2. The molecule has 0 radical (unpaired) electrons. The van der Waals surface area contributed by atoms with Crippen LogP contribution >= 0.6 is 0 Å². The third kappa shape index (κ3) is 4.43. The number of ether oxygens (including phenoxy) is 2. The Hall–Kier alpha value is -5.59. The molecule has 0 fully saturated rings. The van der Waals surface area contributed by atoms with Gasteiger partial charge in [0.05, 0.1) is 11.2 Å². The number of hydrogen-bond acceptors (Lipinski definition) is 10. The molecule has 0 aliphatic rings.